The average Bonchev–Trinajstić information content (AvgIpc) is 2.54. The van der Waals surface area contributed by atoms with Crippen molar-refractivity contribution in [2.75, 3.05) is 5.75 Å². The third-order valence-electron chi connectivity index (χ3n) is 2.93. The molecule has 1 saturated carbocycles. The minimum atomic E-state index is -0.626. The third-order valence-corrected chi connectivity index (χ3v) is 3.29. The fourth-order valence-electron chi connectivity index (χ4n) is 2.03. The van der Waals surface area contributed by atoms with Crippen LogP contribution in [0, 0.1) is 0 Å². The molecule has 1 fully saturated rings. The van der Waals surface area contributed by atoms with Crippen molar-refractivity contribution >= 4 is 24.5 Å². The van der Waals surface area contributed by atoms with Gasteiger partial charge in [-0.25, -0.2) is 4.79 Å². The summed E-state index contributed by atoms with van der Waals surface area (Å²) in [6.07, 6.45) is 6.55. The van der Waals surface area contributed by atoms with Crippen molar-refractivity contribution in [1.82, 2.24) is 5.32 Å². The summed E-state index contributed by atoms with van der Waals surface area (Å²) in [7, 11) is 0. The van der Waals surface area contributed by atoms with Crippen LogP contribution >= 0.6 is 12.6 Å². The zero-order valence-electron chi connectivity index (χ0n) is 10.3. The summed E-state index contributed by atoms with van der Waals surface area (Å²) < 4.78 is 5.42. The second-order valence-electron chi connectivity index (χ2n) is 4.49. The Morgan fingerprint density at radius 3 is 2.35 bits per heavy atom. The fraction of sp³-hybridized carbons (Fsp3) is 0.833. The molecule has 1 N–H and O–H groups in total. The Morgan fingerprint density at radius 2 is 1.88 bits per heavy atom. The van der Waals surface area contributed by atoms with Crippen LogP contribution in [0.4, 0.5) is 0 Å². The largest absolute Gasteiger partial charge is 0.461 e. The highest BCUT2D eigenvalue weighted by atomic mass is 32.1. The van der Waals surface area contributed by atoms with Gasteiger partial charge in [0.05, 0.1) is 0 Å². The molecule has 17 heavy (non-hydrogen) atoms. The maximum atomic E-state index is 11.8. The summed E-state index contributed by atoms with van der Waals surface area (Å²) in [5.41, 5.74) is 0. The first-order valence-electron chi connectivity index (χ1n) is 6.22. The number of hydrogen-bond acceptors (Lipinski definition) is 4. The number of amides is 1. The Balaban J connectivity index is 2.41. The van der Waals surface area contributed by atoms with Crippen molar-refractivity contribution in [3.63, 3.8) is 0 Å². The zero-order valence-corrected chi connectivity index (χ0v) is 11.2. The van der Waals surface area contributed by atoms with Crippen LogP contribution in [0.15, 0.2) is 0 Å². The van der Waals surface area contributed by atoms with E-state index in [0.717, 1.165) is 25.7 Å². The highest BCUT2D eigenvalue weighted by molar-refractivity contribution is 7.80. The molecule has 0 unspecified atom stereocenters. The van der Waals surface area contributed by atoms with Crippen LogP contribution in [0.3, 0.4) is 0 Å². The quantitative estimate of drug-likeness (QED) is 0.459. The minimum absolute atomic E-state index is 0.0149. The second kappa shape index (κ2) is 7.58. The molecule has 0 radical (unpaired) electrons. The van der Waals surface area contributed by atoms with Crippen molar-refractivity contribution in [2.24, 2.45) is 0 Å². The lowest BCUT2D eigenvalue weighted by Gasteiger charge is -2.20. The molecule has 1 aliphatic carbocycles. The highest BCUT2D eigenvalue weighted by Gasteiger charge is 2.23. The van der Waals surface area contributed by atoms with Gasteiger partial charge in [-0.05, 0) is 25.7 Å². The normalized spacial score (nSPS) is 19.2. The maximum Gasteiger partial charge on any atom is 0.329 e. The molecule has 98 valence electrons. The number of nitrogens with one attached hydrogen (secondary N) is 1. The van der Waals surface area contributed by atoms with E-state index in [4.69, 9.17) is 4.74 Å². The van der Waals surface area contributed by atoms with Gasteiger partial charge in [0, 0.05) is 12.7 Å². The minimum Gasteiger partial charge on any atom is -0.461 e. The summed E-state index contributed by atoms with van der Waals surface area (Å²) in [6, 6.07) is -0.626. The topological polar surface area (TPSA) is 55.4 Å². The summed E-state index contributed by atoms with van der Waals surface area (Å²) in [5, 5.41) is 2.54. The van der Waals surface area contributed by atoms with Crippen LogP contribution in [0.5, 0.6) is 0 Å². The molecule has 1 amide bonds. The molecule has 0 aromatic rings. The van der Waals surface area contributed by atoms with Crippen LogP contribution in [0.2, 0.25) is 0 Å². The number of carbonyl (C=O) groups excluding carboxylic acids is 2. The lowest BCUT2D eigenvalue weighted by Crippen LogP contribution is -2.43. The number of ether oxygens (including phenoxy) is 1. The van der Waals surface area contributed by atoms with E-state index < -0.39 is 6.04 Å². The Labute approximate surface area is 108 Å². The lowest BCUT2D eigenvalue weighted by atomic mass is 10.1. The summed E-state index contributed by atoms with van der Waals surface area (Å²) >= 11 is 4.05. The standard InChI is InChI=1S/C12H21NO3S/c1-9(14)13-11(8-17)12(15)16-10-6-4-2-3-5-7-10/h10-11,17H,2-8H2,1H3,(H,13,14)/t11-/m0/s1. The third kappa shape index (κ3) is 5.44. The zero-order chi connectivity index (χ0) is 12.7. The number of esters is 1. The number of thiol groups is 1. The molecular formula is C12H21NO3S. The van der Waals surface area contributed by atoms with Gasteiger partial charge in [0.2, 0.25) is 5.91 Å². The van der Waals surface area contributed by atoms with Gasteiger partial charge in [0.1, 0.15) is 12.1 Å². The SMILES string of the molecule is CC(=O)N[C@@H](CS)C(=O)OC1CCCCCC1. The summed E-state index contributed by atoms with van der Waals surface area (Å²) in [5.74, 6) is -0.325. The molecule has 0 aliphatic heterocycles. The molecule has 1 atom stereocenters. The number of hydrogen-bond donors (Lipinski definition) is 2. The van der Waals surface area contributed by atoms with Gasteiger partial charge >= 0.3 is 5.97 Å². The fourth-order valence-corrected chi connectivity index (χ4v) is 2.27. The van der Waals surface area contributed by atoms with Crippen molar-refractivity contribution in [1.29, 1.82) is 0 Å². The Bertz CT molecular complexity index is 262. The van der Waals surface area contributed by atoms with E-state index in [0.29, 0.717) is 0 Å². The number of carbonyl (C=O) groups is 2. The van der Waals surface area contributed by atoms with Gasteiger partial charge in [-0.1, -0.05) is 12.8 Å². The van der Waals surface area contributed by atoms with Crippen LogP contribution < -0.4 is 5.32 Å². The maximum absolute atomic E-state index is 11.8. The smallest absolute Gasteiger partial charge is 0.329 e. The van der Waals surface area contributed by atoms with Crippen molar-refractivity contribution < 1.29 is 14.3 Å². The number of rotatable bonds is 4. The molecule has 0 bridgehead atoms. The van der Waals surface area contributed by atoms with Crippen LogP contribution in [0.1, 0.15) is 45.4 Å². The van der Waals surface area contributed by atoms with E-state index in [1.165, 1.54) is 19.8 Å². The lowest BCUT2D eigenvalue weighted by molar-refractivity contribution is -0.152. The van der Waals surface area contributed by atoms with E-state index in [9.17, 15) is 9.59 Å². The predicted molar refractivity (Wildman–Crippen MR) is 69.0 cm³/mol. The average molecular weight is 259 g/mol. The first-order chi connectivity index (χ1) is 8.13. The molecule has 0 heterocycles. The van der Waals surface area contributed by atoms with Crippen molar-refractivity contribution in [3.05, 3.63) is 0 Å². The van der Waals surface area contributed by atoms with E-state index >= 15 is 0 Å². The Kier molecular flexibility index (Phi) is 6.40. The molecule has 1 rings (SSSR count). The highest BCUT2D eigenvalue weighted by Crippen LogP contribution is 2.20. The monoisotopic (exact) mass is 259 g/mol. The molecule has 0 aromatic heterocycles. The molecule has 5 heteroatoms. The molecular weight excluding hydrogens is 238 g/mol. The van der Waals surface area contributed by atoms with E-state index in [1.807, 2.05) is 0 Å². The van der Waals surface area contributed by atoms with Crippen LogP contribution in [-0.2, 0) is 14.3 Å². The van der Waals surface area contributed by atoms with Crippen molar-refractivity contribution in [2.45, 2.75) is 57.6 Å². The predicted octanol–water partition coefficient (Wildman–Crippen LogP) is 1.69. The Hall–Kier alpha value is -0.710. The van der Waals surface area contributed by atoms with Gasteiger partial charge in [0.15, 0.2) is 0 Å². The van der Waals surface area contributed by atoms with Crippen LogP contribution in [-0.4, -0.2) is 29.8 Å². The van der Waals surface area contributed by atoms with Gasteiger partial charge in [-0.3, -0.25) is 4.79 Å². The van der Waals surface area contributed by atoms with Gasteiger partial charge < -0.3 is 10.1 Å². The second-order valence-corrected chi connectivity index (χ2v) is 4.85. The first-order valence-corrected chi connectivity index (χ1v) is 6.85. The molecule has 0 saturated heterocycles. The summed E-state index contributed by atoms with van der Waals surface area (Å²) in [6.45, 7) is 1.38. The summed E-state index contributed by atoms with van der Waals surface area (Å²) in [4.78, 5) is 22.7. The molecule has 0 aromatic carbocycles. The van der Waals surface area contributed by atoms with E-state index in [2.05, 4.69) is 17.9 Å². The van der Waals surface area contributed by atoms with E-state index in [1.54, 1.807) is 0 Å². The van der Waals surface area contributed by atoms with E-state index in [-0.39, 0.29) is 23.7 Å². The Morgan fingerprint density at radius 1 is 1.29 bits per heavy atom. The van der Waals surface area contributed by atoms with Gasteiger partial charge in [0.25, 0.3) is 0 Å². The first kappa shape index (κ1) is 14.4. The van der Waals surface area contributed by atoms with Crippen LogP contribution in [0.25, 0.3) is 0 Å². The van der Waals surface area contributed by atoms with Gasteiger partial charge in [-0.15, -0.1) is 0 Å². The molecule has 4 nitrogen and oxygen atoms in total. The molecule has 0 spiro atoms. The van der Waals surface area contributed by atoms with Crippen molar-refractivity contribution in [3.8, 4) is 0 Å². The molecule has 1 aliphatic rings. The van der Waals surface area contributed by atoms with Gasteiger partial charge in [-0.2, -0.15) is 12.6 Å².